The van der Waals surface area contributed by atoms with E-state index >= 15 is 0 Å². The summed E-state index contributed by atoms with van der Waals surface area (Å²) in [5.41, 5.74) is 1.57. The number of fused-ring (bicyclic) bond motifs is 1. The van der Waals surface area contributed by atoms with Crippen LogP contribution in [0.1, 0.15) is 231 Å². The Balaban J connectivity index is 1.70. The SMILES string of the molecule is CCCCCCCCCCCCCCCCCC(=O)NC(CCCCCCCCCCCCCCCCC)c1c(OC(=O)O)[nH]c2ccccc12. The Hall–Kier alpha value is -2.50. The van der Waals surface area contributed by atoms with Crippen LogP contribution in [0.5, 0.6) is 5.88 Å². The summed E-state index contributed by atoms with van der Waals surface area (Å²) in [5, 5.41) is 13.7. The lowest BCUT2D eigenvalue weighted by atomic mass is 9.97. The molecule has 1 unspecified atom stereocenters. The van der Waals surface area contributed by atoms with Crippen molar-refractivity contribution < 1.29 is 19.4 Å². The molecule has 3 N–H and O–H groups in total. The molecule has 2 rings (SSSR count). The highest BCUT2D eigenvalue weighted by atomic mass is 16.7. The van der Waals surface area contributed by atoms with E-state index in [1.165, 1.54) is 167 Å². The molecule has 0 aliphatic heterocycles. The van der Waals surface area contributed by atoms with Crippen LogP contribution in [-0.2, 0) is 4.79 Å². The lowest BCUT2D eigenvalue weighted by Crippen LogP contribution is -2.28. The third kappa shape index (κ3) is 22.2. The lowest BCUT2D eigenvalue weighted by molar-refractivity contribution is -0.122. The second-order valence-electron chi connectivity index (χ2n) is 15.3. The van der Waals surface area contributed by atoms with E-state index in [4.69, 9.17) is 4.74 Å². The van der Waals surface area contributed by atoms with E-state index in [1.54, 1.807) is 0 Å². The normalized spacial score (nSPS) is 12.0. The molecule has 1 heterocycles. The molecule has 1 atom stereocenters. The molecular formula is C45H78N2O4. The van der Waals surface area contributed by atoms with Crippen molar-refractivity contribution in [3.05, 3.63) is 29.8 Å². The van der Waals surface area contributed by atoms with Gasteiger partial charge < -0.3 is 20.1 Å². The van der Waals surface area contributed by atoms with Crippen molar-refractivity contribution in [3.63, 3.8) is 0 Å². The molecule has 0 bridgehead atoms. The average molecular weight is 711 g/mol. The number of unbranched alkanes of at least 4 members (excludes halogenated alkanes) is 28. The van der Waals surface area contributed by atoms with Gasteiger partial charge in [-0.3, -0.25) is 4.79 Å². The number of nitrogens with one attached hydrogen (secondary N) is 2. The summed E-state index contributed by atoms with van der Waals surface area (Å²) in [7, 11) is 0. The first-order valence-corrected chi connectivity index (χ1v) is 21.9. The average Bonchev–Trinajstić information content (AvgIpc) is 3.48. The van der Waals surface area contributed by atoms with E-state index < -0.39 is 6.16 Å². The monoisotopic (exact) mass is 711 g/mol. The number of carboxylic acid groups (broad SMARTS) is 1. The van der Waals surface area contributed by atoms with Crippen LogP contribution in [0.3, 0.4) is 0 Å². The number of hydrogen-bond acceptors (Lipinski definition) is 3. The minimum atomic E-state index is -1.35. The second-order valence-corrected chi connectivity index (χ2v) is 15.3. The molecule has 0 radical (unpaired) electrons. The van der Waals surface area contributed by atoms with Gasteiger partial charge >= 0.3 is 6.16 Å². The molecule has 292 valence electrons. The minimum Gasteiger partial charge on any atom is -0.449 e. The minimum absolute atomic E-state index is 0.0437. The van der Waals surface area contributed by atoms with E-state index in [9.17, 15) is 14.7 Å². The van der Waals surface area contributed by atoms with Crippen molar-refractivity contribution in [2.75, 3.05) is 0 Å². The van der Waals surface area contributed by atoms with Crippen LogP contribution < -0.4 is 10.1 Å². The standard InChI is InChI=1S/C45H78N2O4/c1-3-5-7-9-11-13-15-17-19-21-23-25-27-29-31-37-41(43-39-35-33-34-36-40(39)47-44(43)51-45(49)50)46-42(48)38-32-30-28-26-24-22-20-18-16-14-12-10-8-6-4-2/h33-36,41,47H,3-32,37-38H2,1-2H3,(H,46,48)(H,49,50). The zero-order valence-corrected chi connectivity index (χ0v) is 33.2. The van der Waals surface area contributed by atoms with Gasteiger partial charge in [0.25, 0.3) is 0 Å². The third-order valence-electron chi connectivity index (χ3n) is 10.7. The number of rotatable bonds is 35. The molecule has 0 fully saturated rings. The fourth-order valence-corrected chi connectivity index (χ4v) is 7.58. The van der Waals surface area contributed by atoms with Gasteiger partial charge in [0.1, 0.15) is 0 Å². The van der Waals surface area contributed by atoms with Crippen molar-refractivity contribution in [2.24, 2.45) is 0 Å². The Morgan fingerprint density at radius 1 is 0.588 bits per heavy atom. The summed E-state index contributed by atoms with van der Waals surface area (Å²) in [5.74, 6) is 0.268. The molecule has 0 spiro atoms. The van der Waals surface area contributed by atoms with E-state index in [0.29, 0.717) is 6.42 Å². The first-order chi connectivity index (χ1) is 25.1. The smallest absolute Gasteiger partial charge is 0.449 e. The molecule has 1 aromatic heterocycles. The van der Waals surface area contributed by atoms with Crippen LogP contribution in [0.4, 0.5) is 4.79 Å². The first-order valence-electron chi connectivity index (χ1n) is 21.9. The van der Waals surface area contributed by atoms with Gasteiger partial charge in [0, 0.05) is 22.9 Å². The third-order valence-corrected chi connectivity index (χ3v) is 10.7. The van der Waals surface area contributed by atoms with E-state index in [2.05, 4.69) is 24.1 Å². The summed E-state index contributed by atoms with van der Waals surface area (Å²) >= 11 is 0. The molecule has 6 heteroatoms. The van der Waals surface area contributed by atoms with Crippen molar-refractivity contribution in [1.29, 1.82) is 0 Å². The zero-order valence-electron chi connectivity index (χ0n) is 33.2. The Morgan fingerprint density at radius 3 is 1.41 bits per heavy atom. The largest absolute Gasteiger partial charge is 0.512 e. The number of carbonyl (C=O) groups is 2. The summed E-state index contributed by atoms with van der Waals surface area (Å²) in [4.78, 5) is 28.0. The number of aromatic amines is 1. The van der Waals surface area contributed by atoms with Crippen LogP contribution >= 0.6 is 0 Å². The van der Waals surface area contributed by atoms with Gasteiger partial charge in [-0.15, -0.1) is 0 Å². The van der Waals surface area contributed by atoms with Crippen molar-refractivity contribution in [1.82, 2.24) is 10.3 Å². The zero-order chi connectivity index (χ0) is 36.6. The highest BCUT2D eigenvalue weighted by molar-refractivity contribution is 5.88. The second kappa shape index (κ2) is 31.1. The summed E-state index contributed by atoms with van der Waals surface area (Å²) in [6.45, 7) is 4.55. The topological polar surface area (TPSA) is 91.4 Å². The number of amides is 1. The van der Waals surface area contributed by atoms with Gasteiger partial charge in [-0.25, -0.2) is 4.79 Å². The van der Waals surface area contributed by atoms with Gasteiger partial charge in [0.05, 0.1) is 6.04 Å². The van der Waals surface area contributed by atoms with Crippen LogP contribution in [0.2, 0.25) is 0 Å². The molecule has 0 aliphatic carbocycles. The fraction of sp³-hybridized carbons (Fsp3) is 0.778. The molecular weight excluding hydrogens is 633 g/mol. The summed E-state index contributed by atoms with van der Waals surface area (Å²) < 4.78 is 5.22. The molecule has 1 aromatic carbocycles. The van der Waals surface area contributed by atoms with Gasteiger partial charge in [-0.1, -0.05) is 218 Å². The van der Waals surface area contributed by atoms with Crippen molar-refractivity contribution >= 4 is 23.0 Å². The van der Waals surface area contributed by atoms with Gasteiger partial charge in [-0.2, -0.15) is 0 Å². The number of hydrogen-bond donors (Lipinski definition) is 3. The maximum Gasteiger partial charge on any atom is 0.512 e. The maximum atomic E-state index is 13.2. The Morgan fingerprint density at radius 2 is 0.980 bits per heavy atom. The lowest BCUT2D eigenvalue weighted by Gasteiger charge is -2.20. The number of aromatic nitrogens is 1. The van der Waals surface area contributed by atoms with E-state index in [1.807, 2.05) is 24.3 Å². The van der Waals surface area contributed by atoms with Crippen molar-refractivity contribution in [2.45, 2.75) is 225 Å². The van der Waals surface area contributed by atoms with Gasteiger partial charge in [0.2, 0.25) is 11.8 Å². The van der Waals surface area contributed by atoms with Crippen LogP contribution in [0, 0.1) is 0 Å². The Kier molecular flexibility index (Phi) is 27.2. The number of H-pyrrole nitrogens is 1. The van der Waals surface area contributed by atoms with E-state index in [-0.39, 0.29) is 17.8 Å². The maximum absolute atomic E-state index is 13.2. The number of benzene rings is 1. The molecule has 0 saturated carbocycles. The van der Waals surface area contributed by atoms with Gasteiger partial charge in [0.15, 0.2) is 0 Å². The molecule has 1 amide bonds. The number of ether oxygens (including phenoxy) is 1. The fourth-order valence-electron chi connectivity index (χ4n) is 7.58. The highest BCUT2D eigenvalue weighted by Gasteiger charge is 2.25. The summed E-state index contributed by atoms with van der Waals surface area (Å²) in [6.07, 6.45) is 39.1. The Bertz CT molecular complexity index is 1130. The molecule has 51 heavy (non-hydrogen) atoms. The highest BCUT2D eigenvalue weighted by Crippen LogP contribution is 2.36. The number of carbonyl (C=O) groups excluding carboxylic acids is 1. The molecule has 2 aromatic rings. The van der Waals surface area contributed by atoms with Crippen LogP contribution in [0.25, 0.3) is 10.9 Å². The quantitative estimate of drug-likeness (QED) is 0.0490. The number of para-hydroxylation sites is 1. The van der Waals surface area contributed by atoms with Crippen LogP contribution in [0.15, 0.2) is 24.3 Å². The molecule has 0 saturated heterocycles. The molecule has 6 nitrogen and oxygen atoms in total. The predicted octanol–water partition coefficient (Wildman–Crippen LogP) is 14.9. The van der Waals surface area contributed by atoms with Crippen LogP contribution in [-0.4, -0.2) is 22.2 Å². The van der Waals surface area contributed by atoms with E-state index in [0.717, 1.165) is 48.6 Å². The predicted molar refractivity (Wildman–Crippen MR) is 217 cm³/mol. The van der Waals surface area contributed by atoms with Crippen molar-refractivity contribution in [3.8, 4) is 5.88 Å². The summed E-state index contributed by atoms with van der Waals surface area (Å²) in [6, 6.07) is 7.49. The molecule has 0 aliphatic rings. The Labute approximate surface area is 313 Å². The first kappa shape index (κ1) is 44.7. The van der Waals surface area contributed by atoms with Gasteiger partial charge in [-0.05, 0) is 18.9 Å².